The van der Waals surface area contributed by atoms with Crippen molar-refractivity contribution in [3.05, 3.63) is 122 Å². The maximum Gasteiger partial charge on any atom is 0.472 e. The van der Waals surface area contributed by atoms with E-state index in [0.29, 0.717) is 25.7 Å². The van der Waals surface area contributed by atoms with Crippen molar-refractivity contribution in [1.82, 2.24) is 0 Å². The van der Waals surface area contributed by atoms with Crippen LogP contribution in [0.1, 0.15) is 278 Å². The van der Waals surface area contributed by atoms with Crippen LogP contribution in [0.15, 0.2) is 122 Å². The van der Waals surface area contributed by atoms with Crippen molar-refractivity contribution in [1.29, 1.82) is 0 Å². The Morgan fingerprint density at radius 3 is 0.978 bits per heavy atom. The van der Waals surface area contributed by atoms with E-state index >= 15 is 0 Å². The Morgan fingerprint density at radius 2 is 0.581 bits per heavy atom. The van der Waals surface area contributed by atoms with E-state index in [0.717, 1.165) is 116 Å². The van der Waals surface area contributed by atoms with E-state index in [2.05, 4.69) is 130 Å². The average Bonchev–Trinajstić information content (AvgIpc) is 2.66. The predicted molar refractivity (Wildman–Crippen MR) is 380 cm³/mol. The summed E-state index contributed by atoms with van der Waals surface area (Å²) < 4.78 is 60.8. The minimum atomic E-state index is -4.94. The highest BCUT2D eigenvalue weighted by Crippen LogP contribution is 2.45. The number of esters is 3. The molecule has 93 heavy (non-hydrogen) atoms. The van der Waals surface area contributed by atoms with Gasteiger partial charge in [0.1, 0.15) is 25.4 Å². The lowest BCUT2D eigenvalue weighted by Crippen LogP contribution is -2.30. The van der Waals surface area contributed by atoms with Crippen LogP contribution in [0.3, 0.4) is 0 Å². The van der Waals surface area contributed by atoms with Crippen molar-refractivity contribution in [3.63, 3.8) is 0 Å². The van der Waals surface area contributed by atoms with Gasteiger partial charge < -0.3 is 34.2 Å². The minimum absolute atomic E-state index is 0.0800. The Kier molecular flexibility index (Phi) is 65.0. The molecule has 0 amide bonds. The molecule has 0 saturated carbocycles. The second kappa shape index (κ2) is 67.9. The first-order valence-electron chi connectivity index (χ1n) is 35.8. The zero-order valence-electron chi connectivity index (χ0n) is 57.9. The van der Waals surface area contributed by atoms with E-state index < -0.39 is 91.5 Å². The molecule has 0 aromatic heterocycles. The number of phosphoric acid groups is 2. The molecule has 0 aliphatic carbocycles. The van der Waals surface area contributed by atoms with Crippen LogP contribution in [0, 0.1) is 0 Å². The predicted octanol–water partition coefficient (Wildman–Crippen LogP) is 20.2. The molecule has 0 aromatic rings. The fourth-order valence-electron chi connectivity index (χ4n) is 9.17. The third kappa shape index (κ3) is 69.1. The van der Waals surface area contributed by atoms with Gasteiger partial charge >= 0.3 is 33.6 Å². The lowest BCUT2D eigenvalue weighted by Gasteiger charge is -2.21. The molecule has 534 valence electrons. The van der Waals surface area contributed by atoms with Crippen LogP contribution in [0.25, 0.3) is 0 Å². The molecule has 5 atom stereocenters. The Morgan fingerprint density at radius 1 is 0.312 bits per heavy atom. The summed E-state index contributed by atoms with van der Waals surface area (Å²) in [7, 11) is -9.80. The Labute approximate surface area is 563 Å². The van der Waals surface area contributed by atoms with Gasteiger partial charge in [-0.05, 0) is 128 Å². The highest BCUT2D eigenvalue weighted by atomic mass is 31.2. The molecule has 0 aromatic carbocycles. The number of allylic oxidation sites excluding steroid dienone is 20. The Bertz CT molecular complexity index is 2180. The van der Waals surface area contributed by atoms with Crippen LogP contribution < -0.4 is 0 Å². The first-order valence-corrected chi connectivity index (χ1v) is 38.8. The number of aliphatic hydroxyl groups excluding tert-OH is 2. The van der Waals surface area contributed by atoms with Crippen molar-refractivity contribution >= 4 is 33.6 Å². The Balaban J connectivity index is 4.55. The van der Waals surface area contributed by atoms with E-state index in [4.69, 9.17) is 32.3 Å². The maximum atomic E-state index is 12.9. The lowest BCUT2D eigenvalue weighted by molar-refractivity contribution is -0.161. The number of hydrogen-bond acceptors (Lipinski definition) is 14. The Hall–Kier alpha value is -4.05. The monoisotopic (exact) mass is 1350 g/mol. The highest BCUT2D eigenvalue weighted by Gasteiger charge is 2.29. The smallest absolute Gasteiger partial charge is 0.463 e. The van der Waals surface area contributed by atoms with Crippen LogP contribution in [0.4, 0.5) is 0 Å². The molecule has 0 heterocycles. The molecule has 0 fully saturated rings. The van der Waals surface area contributed by atoms with E-state index in [1.165, 1.54) is 96.3 Å². The molecular weight excluding hydrogens is 1220 g/mol. The number of rotatable bonds is 67. The molecule has 0 bridgehead atoms. The van der Waals surface area contributed by atoms with Crippen molar-refractivity contribution < 1.29 is 75.8 Å². The summed E-state index contributed by atoms with van der Waals surface area (Å²) in [6.07, 6.45) is 78.4. The van der Waals surface area contributed by atoms with Gasteiger partial charge in [0, 0.05) is 19.3 Å². The molecule has 5 unspecified atom stereocenters. The van der Waals surface area contributed by atoms with Gasteiger partial charge in [0.2, 0.25) is 0 Å². The highest BCUT2D eigenvalue weighted by molar-refractivity contribution is 7.47. The van der Waals surface area contributed by atoms with E-state index in [1.807, 2.05) is 12.2 Å². The summed E-state index contributed by atoms with van der Waals surface area (Å²) >= 11 is 0. The number of carbonyl (C=O) groups is 3. The summed E-state index contributed by atoms with van der Waals surface area (Å²) in [6, 6.07) is 0. The molecule has 0 aliphatic rings. The van der Waals surface area contributed by atoms with Crippen molar-refractivity contribution in [3.8, 4) is 0 Å². The molecule has 18 heteroatoms. The van der Waals surface area contributed by atoms with Crippen LogP contribution in [0.5, 0.6) is 0 Å². The minimum Gasteiger partial charge on any atom is -0.463 e. The number of aliphatic hydroxyl groups is 2. The SMILES string of the molecule is CC/C=C\C/C=C\C/C=C\C/C=C\C/C=C\CCCC(=O)OCC(COP(=O)(O)OCC(O)COP(=O)(O)OCC(O)COC(=O)CCCCCCCCCCCCC/C=C\C/C=C\C/C=C\C/C=C\CCCCC)OC(=O)CCCCCCC/C=C\CCCCCC. The quantitative estimate of drug-likeness (QED) is 0.0146. The van der Waals surface area contributed by atoms with Gasteiger partial charge in [-0.25, -0.2) is 9.13 Å². The lowest BCUT2D eigenvalue weighted by atomic mass is 10.0. The first kappa shape index (κ1) is 89.0. The van der Waals surface area contributed by atoms with Crippen LogP contribution >= 0.6 is 15.6 Å². The fourth-order valence-corrected chi connectivity index (χ4v) is 10.8. The van der Waals surface area contributed by atoms with Gasteiger partial charge in [-0.15, -0.1) is 0 Å². The van der Waals surface area contributed by atoms with Crippen molar-refractivity contribution in [2.45, 2.75) is 296 Å². The standard InChI is InChI=1S/C75H128O16P2/c1-4-7-10-13-16-19-22-25-27-29-30-31-32-33-34-35-36-37-38-40-42-44-46-49-52-55-58-61-73(78)85-64-70(76)65-87-92(81,82)88-66-71(77)67-89-93(83,84)90-69-72(91-75(80)63-60-57-54-51-48-43-24-21-18-15-12-9-6-3)68-86-74(79)62-59-56-53-50-47-45-41-39-28-26-23-20-17-14-11-8-5-2/h8,11,16-17,19-21,24-28,30-31,33-34,41,45,50,53,70-72,76-77H,4-7,9-10,12-15,18,22-23,29,32,35-40,42-44,46-49,51-52,54-69H2,1-3H3,(H,81,82)(H,83,84)/b11-8-,19-16-,20-17-,24-21-,27-25-,28-26-,31-30-,34-33-,45-41-,53-50-. The third-order valence-corrected chi connectivity index (χ3v) is 16.5. The number of ether oxygens (including phenoxy) is 3. The van der Waals surface area contributed by atoms with Gasteiger partial charge in [0.15, 0.2) is 6.10 Å². The first-order chi connectivity index (χ1) is 45.2. The molecule has 16 nitrogen and oxygen atoms in total. The van der Waals surface area contributed by atoms with E-state index in [-0.39, 0.29) is 19.3 Å². The summed E-state index contributed by atoms with van der Waals surface area (Å²) in [6.45, 7) is 2.43. The summed E-state index contributed by atoms with van der Waals surface area (Å²) in [5.41, 5.74) is 0. The molecular formula is C75H128O16P2. The summed E-state index contributed by atoms with van der Waals surface area (Å²) in [5.74, 6) is -1.66. The number of unbranched alkanes of at least 4 members (excludes halogenated alkanes) is 24. The number of carbonyl (C=O) groups excluding carboxylic acids is 3. The van der Waals surface area contributed by atoms with Crippen LogP contribution in [-0.2, 0) is 55.8 Å². The van der Waals surface area contributed by atoms with Gasteiger partial charge in [0.05, 0.1) is 26.4 Å². The maximum absolute atomic E-state index is 12.9. The second-order valence-corrected chi connectivity index (χ2v) is 26.6. The normalized spacial score (nSPS) is 14.9. The molecule has 0 rings (SSSR count). The number of hydrogen-bond donors (Lipinski definition) is 4. The molecule has 0 saturated heterocycles. The van der Waals surface area contributed by atoms with E-state index in [9.17, 15) is 43.5 Å². The van der Waals surface area contributed by atoms with Crippen LogP contribution in [0.2, 0.25) is 0 Å². The zero-order chi connectivity index (χ0) is 68.1. The van der Waals surface area contributed by atoms with Crippen molar-refractivity contribution in [2.24, 2.45) is 0 Å². The van der Waals surface area contributed by atoms with E-state index in [1.54, 1.807) is 0 Å². The second-order valence-electron chi connectivity index (χ2n) is 23.6. The van der Waals surface area contributed by atoms with Crippen molar-refractivity contribution in [2.75, 3.05) is 39.6 Å². The molecule has 0 aliphatic heterocycles. The summed E-state index contributed by atoms with van der Waals surface area (Å²) in [5, 5.41) is 20.6. The fraction of sp³-hybridized carbons (Fsp3) is 0.693. The zero-order valence-corrected chi connectivity index (χ0v) is 59.7. The van der Waals surface area contributed by atoms with Gasteiger partial charge in [-0.2, -0.15) is 0 Å². The van der Waals surface area contributed by atoms with Gasteiger partial charge in [0.25, 0.3) is 0 Å². The van der Waals surface area contributed by atoms with Gasteiger partial charge in [-0.1, -0.05) is 251 Å². The summed E-state index contributed by atoms with van der Waals surface area (Å²) in [4.78, 5) is 58.4. The third-order valence-electron chi connectivity index (χ3n) is 14.6. The topological polar surface area (TPSA) is 231 Å². The van der Waals surface area contributed by atoms with Gasteiger partial charge in [-0.3, -0.25) is 32.5 Å². The molecule has 0 radical (unpaired) electrons. The average molecular weight is 1350 g/mol. The number of phosphoric ester groups is 2. The molecule has 0 spiro atoms. The molecule has 4 N–H and O–H groups in total. The van der Waals surface area contributed by atoms with Crippen LogP contribution in [-0.4, -0.2) is 95.9 Å². The largest absolute Gasteiger partial charge is 0.472 e.